The summed E-state index contributed by atoms with van der Waals surface area (Å²) in [5.74, 6) is 1.36. The highest BCUT2D eigenvalue weighted by Crippen LogP contribution is 2.29. The van der Waals surface area contributed by atoms with E-state index in [0.29, 0.717) is 18.0 Å². The highest BCUT2D eigenvalue weighted by atomic mass is 32.1. The van der Waals surface area contributed by atoms with E-state index in [1.807, 2.05) is 19.1 Å². The number of aliphatic hydroxyl groups is 1. The Labute approximate surface area is 183 Å². The van der Waals surface area contributed by atoms with Crippen LogP contribution in [0.2, 0.25) is 0 Å². The number of piperazine rings is 1. The van der Waals surface area contributed by atoms with Crippen LogP contribution < -0.4 is 9.47 Å². The third-order valence-corrected chi connectivity index (χ3v) is 6.10. The number of likely N-dealkylation sites (N-methyl/N-ethyl adjacent to an activating group) is 1. The number of rotatable bonds is 10. The van der Waals surface area contributed by atoms with Gasteiger partial charge in [0.15, 0.2) is 11.5 Å². The van der Waals surface area contributed by atoms with Crippen molar-refractivity contribution in [2.45, 2.75) is 26.1 Å². The number of hydrogen-bond acceptors (Lipinski definition) is 8. The molecular formula is C22H34N4O3S. The molecule has 0 spiro atoms. The summed E-state index contributed by atoms with van der Waals surface area (Å²) >= 11 is 1.68. The van der Waals surface area contributed by atoms with E-state index < -0.39 is 6.10 Å². The first kappa shape index (κ1) is 23.0. The largest absolute Gasteiger partial charge is 0.493 e. The maximum Gasteiger partial charge on any atom is 0.161 e. The minimum absolute atomic E-state index is 0.250. The first-order valence-corrected chi connectivity index (χ1v) is 11.3. The van der Waals surface area contributed by atoms with Gasteiger partial charge in [-0.05, 0) is 38.7 Å². The predicted molar refractivity (Wildman–Crippen MR) is 120 cm³/mol. The van der Waals surface area contributed by atoms with Crippen molar-refractivity contribution in [3.8, 4) is 11.5 Å². The maximum atomic E-state index is 10.4. The molecule has 1 aliphatic heterocycles. The van der Waals surface area contributed by atoms with Gasteiger partial charge in [-0.1, -0.05) is 6.07 Å². The zero-order chi connectivity index (χ0) is 21.5. The van der Waals surface area contributed by atoms with Gasteiger partial charge in [0, 0.05) is 51.2 Å². The molecule has 2 heterocycles. The number of nitrogens with zero attached hydrogens (tertiary/aromatic N) is 4. The van der Waals surface area contributed by atoms with Crippen molar-refractivity contribution in [3.63, 3.8) is 0 Å². The number of aromatic nitrogens is 1. The van der Waals surface area contributed by atoms with Crippen molar-refractivity contribution in [3.05, 3.63) is 39.8 Å². The van der Waals surface area contributed by atoms with Gasteiger partial charge in [0.25, 0.3) is 0 Å². The van der Waals surface area contributed by atoms with Crippen LogP contribution in [0.3, 0.4) is 0 Å². The molecule has 0 unspecified atom stereocenters. The fourth-order valence-corrected chi connectivity index (χ4v) is 4.23. The highest BCUT2D eigenvalue weighted by Gasteiger charge is 2.18. The van der Waals surface area contributed by atoms with Crippen molar-refractivity contribution < 1.29 is 14.6 Å². The van der Waals surface area contributed by atoms with E-state index in [1.165, 1.54) is 0 Å². The van der Waals surface area contributed by atoms with Gasteiger partial charge in [0.1, 0.15) is 12.7 Å². The average Bonchev–Trinajstić information content (AvgIpc) is 3.12. The Morgan fingerprint density at radius 2 is 1.97 bits per heavy atom. The van der Waals surface area contributed by atoms with E-state index in [9.17, 15) is 5.11 Å². The third kappa shape index (κ3) is 6.92. The van der Waals surface area contributed by atoms with Crippen LogP contribution in [0.15, 0.2) is 23.6 Å². The van der Waals surface area contributed by atoms with Gasteiger partial charge in [0.2, 0.25) is 0 Å². The predicted octanol–water partition coefficient (Wildman–Crippen LogP) is 2.08. The number of methoxy groups -OCH3 is 1. The zero-order valence-corrected chi connectivity index (χ0v) is 19.3. The highest BCUT2D eigenvalue weighted by molar-refractivity contribution is 7.09. The summed E-state index contributed by atoms with van der Waals surface area (Å²) in [4.78, 5) is 11.4. The van der Waals surface area contributed by atoms with E-state index in [2.05, 4.69) is 45.2 Å². The second-order valence-corrected chi connectivity index (χ2v) is 9.15. The Morgan fingerprint density at radius 3 is 2.63 bits per heavy atom. The monoisotopic (exact) mass is 434 g/mol. The normalized spacial score (nSPS) is 16.7. The standard InChI is InChI=1S/C22H34N4O3S/c1-17-23-19(16-30-17)13-25(3)12-18-5-6-21(28-4)22(11-18)29-15-20(27)14-26-9-7-24(2)8-10-26/h5-6,11,16,20,27H,7-10,12-15H2,1-4H3/t20-/m0/s1. The topological polar surface area (TPSA) is 61.3 Å². The van der Waals surface area contributed by atoms with Gasteiger partial charge in [-0.3, -0.25) is 9.80 Å². The molecule has 0 amide bonds. The van der Waals surface area contributed by atoms with Crippen LogP contribution in [0.4, 0.5) is 0 Å². The molecule has 0 aliphatic carbocycles. The summed E-state index contributed by atoms with van der Waals surface area (Å²) in [6.07, 6.45) is -0.530. The molecule has 0 radical (unpaired) electrons. The summed E-state index contributed by atoms with van der Waals surface area (Å²) in [6.45, 7) is 8.53. The second kappa shape index (κ2) is 11.1. The minimum atomic E-state index is -0.530. The summed E-state index contributed by atoms with van der Waals surface area (Å²) in [6, 6.07) is 5.98. The smallest absolute Gasteiger partial charge is 0.161 e. The van der Waals surface area contributed by atoms with Crippen LogP contribution in [0.1, 0.15) is 16.3 Å². The fraction of sp³-hybridized carbons (Fsp3) is 0.591. The third-order valence-electron chi connectivity index (χ3n) is 5.28. The lowest BCUT2D eigenvalue weighted by atomic mass is 10.2. The molecule has 7 nitrogen and oxygen atoms in total. The van der Waals surface area contributed by atoms with E-state index in [4.69, 9.17) is 9.47 Å². The molecule has 1 N–H and O–H groups in total. The van der Waals surface area contributed by atoms with Gasteiger partial charge in [-0.25, -0.2) is 4.98 Å². The Bertz CT molecular complexity index is 792. The number of aliphatic hydroxyl groups excluding tert-OH is 1. The van der Waals surface area contributed by atoms with Crippen molar-refractivity contribution >= 4 is 11.3 Å². The number of benzene rings is 1. The molecule has 166 valence electrons. The van der Waals surface area contributed by atoms with Crippen molar-refractivity contribution in [2.24, 2.45) is 0 Å². The summed E-state index contributed by atoms with van der Waals surface area (Å²) in [7, 11) is 5.85. The summed E-state index contributed by atoms with van der Waals surface area (Å²) in [5.41, 5.74) is 2.23. The lowest BCUT2D eigenvalue weighted by Crippen LogP contribution is -2.47. The molecule has 1 atom stereocenters. The first-order chi connectivity index (χ1) is 14.4. The minimum Gasteiger partial charge on any atom is -0.493 e. The molecule has 1 saturated heterocycles. The quantitative estimate of drug-likeness (QED) is 0.614. The molecule has 1 aromatic carbocycles. The summed E-state index contributed by atoms with van der Waals surface area (Å²) in [5, 5.41) is 13.6. The van der Waals surface area contributed by atoms with Crippen LogP contribution in [-0.4, -0.2) is 91.4 Å². The molecule has 1 fully saturated rings. The van der Waals surface area contributed by atoms with Crippen LogP contribution in [0.5, 0.6) is 11.5 Å². The first-order valence-electron chi connectivity index (χ1n) is 10.4. The van der Waals surface area contributed by atoms with Gasteiger partial charge < -0.3 is 19.5 Å². The Morgan fingerprint density at radius 1 is 1.20 bits per heavy atom. The van der Waals surface area contributed by atoms with Crippen LogP contribution in [0.25, 0.3) is 0 Å². The van der Waals surface area contributed by atoms with E-state index in [1.54, 1.807) is 18.4 Å². The van der Waals surface area contributed by atoms with Crippen molar-refractivity contribution in [1.29, 1.82) is 0 Å². The Kier molecular flexibility index (Phi) is 8.47. The molecule has 8 heteroatoms. The molecular weight excluding hydrogens is 400 g/mol. The molecule has 0 bridgehead atoms. The molecule has 2 aromatic rings. The number of aryl methyl sites for hydroxylation is 1. The van der Waals surface area contributed by atoms with Gasteiger partial charge >= 0.3 is 0 Å². The molecule has 3 rings (SSSR count). The molecule has 1 aliphatic rings. The zero-order valence-electron chi connectivity index (χ0n) is 18.5. The Hall–Kier alpha value is -1.71. The van der Waals surface area contributed by atoms with Crippen molar-refractivity contribution in [1.82, 2.24) is 19.7 Å². The fourth-order valence-electron chi connectivity index (χ4n) is 3.62. The van der Waals surface area contributed by atoms with E-state index in [0.717, 1.165) is 55.5 Å². The SMILES string of the molecule is COc1ccc(CN(C)Cc2csc(C)n2)cc1OC[C@@H](O)CN1CCN(C)CC1. The number of β-amino-alcohol motifs (C(OH)–C–C–N with tert-alkyl or cyclic N) is 1. The van der Waals surface area contributed by atoms with Gasteiger partial charge in [-0.2, -0.15) is 0 Å². The number of hydrogen-bond donors (Lipinski definition) is 1. The molecule has 30 heavy (non-hydrogen) atoms. The second-order valence-electron chi connectivity index (χ2n) is 8.08. The lowest BCUT2D eigenvalue weighted by Gasteiger charge is -2.33. The Balaban J connectivity index is 1.53. The van der Waals surface area contributed by atoms with E-state index in [-0.39, 0.29) is 6.61 Å². The number of thiazole rings is 1. The maximum absolute atomic E-state index is 10.4. The van der Waals surface area contributed by atoms with Crippen molar-refractivity contribution in [2.75, 3.05) is 60.5 Å². The average molecular weight is 435 g/mol. The van der Waals surface area contributed by atoms with Crippen LogP contribution in [-0.2, 0) is 13.1 Å². The van der Waals surface area contributed by atoms with Crippen LogP contribution in [0, 0.1) is 6.92 Å². The molecule has 1 aromatic heterocycles. The number of ether oxygens (including phenoxy) is 2. The lowest BCUT2D eigenvalue weighted by molar-refractivity contribution is 0.0497. The van der Waals surface area contributed by atoms with E-state index >= 15 is 0 Å². The summed E-state index contributed by atoms with van der Waals surface area (Å²) < 4.78 is 11.4. The molecule has 0 saturated carbocycles. The van der Waals surface area contributed by atoms with Gasteiger partial charge in [-0.15, -0.1) is 11.3 Å². The van der Waals surface area contributed by atoms with Gasteiger partial charge in [0.05, 0.1) is 17.8 Å². The van der Waals surface area contributed by atoms with Crippen LogP contribution >= 0.6 is 11.3 Å².